The summed E-state index contributed by atoms with van der Waals surface area (Å²) in [5.41, 5.74) is 2.34. The van der Waals surface area contributed by atoms with E-state index in [0.29, 0.717) is 19.5 Å². The van der Waals surface area contributed by atoms with Crippen LogP contribution in [0, 0.1) is 5.92 Å². The summed E-state index contributed by atoms with van der Waals surface area (Å²) >= 11 is 0. The quantitative estimate of drug-likeness (QED) is 0.921. The second-order valence-electron chi connectivity index (χ2n) is 6.11. The van der Waals surface area contributed by atoms with Crippen molar-refractivity contribution in [1.82, 2.24) is 9.88 Å². The van der Waals surface area contributed by atoms with Gasteiger partial charge in [-0.2, -0.15) is 0 Å². The van der Waals surface area contributed by atoms with Crippen molar-refractivity contribution in [2.75, 3.05) is 19.7 Å². The highest BCUT2D eigenvalue weighted by Crippen LogP contribution is 2.32. The maximum absolute atomic E-state index is 12.5. The molecule has 4 heteroatoms. The number of carbonyl (C=O) groups is 1. The molecule has 120 valence electrons. The highest BCUT2D eigenvalue weighted by Gasteiger charge is 2.35. The maximum atomic E-state index is 12.5. The summed E-state index contributed by atoms with van der Waals surface area (Å²) in [6.45, 7) is 1.43. The van der Waals surface area contributed by atoms with Crippen molar-refractivity contribution in [1.29, 1.82) is 0 Å². The first kappa shape index (κ1) is 15.7. The summed E-state index contributed by atoms with van der Waals surface area (Å²) in [7, 11) is 0. The summed E-state index contributed by atoms with van der Waals surface area (Å²) in [6.07, 6.45) is 4.82. The van der Waals surface area contributed by atoms with Crippen LogP contribution in [0.15, 0.2) is 54.9 Å². The molecule has 1 amide bonds. The van der Waals surface area contributed by atoms with Crippen molar-refractivity contribution in [2.45, 2.75) is 18.8 Å². The van der Waals surface area contributed by atoms with Crippen molar-refractivity contribution in [2.24, 2.45) is 5.92 Å². The predicted molar refractivity (Wildman–Crippen MR) is 88.9 cm³/mol. The van der Waals surface area contributed by atoms with E-state index < -0.39 is 0 Å². The van der Waals surface area contributed by atoms with Crippen LogP contribution in [0.4, 0.5) is 0 Å². The minimum atomic E-state index is 0.107. The van der Waals surface area contributed by atoms with E-state index in [2.05, 4.69) is 4.98 Å². The van der Waals surface area contributed by atoms with E-state index in [0.717, 1.165) is 12.0 Å². The van der Waals surface area contributed by atoms with Gasteiger partial charge in [-0.05, 0) is 29.7 Å². The number of hydrogen-bond acceptors (Lipinski definition) is 3. The normalized spacial score (nSPS) is 20.7. The molecule has 23 heavy (non-hydrogen) atoms. The van der Waals surface area contributed by atoms with Crippen molar-refractivity contribution in [3.8, 4) is 0 Å². The van der Waals surface area contributed by atoms with Crippen molar-refractivity contribution in [3.63, 3.8) is 0 Å². The average Bonchev–Trinajstić information content (AvgIpc) is 3.06. The van der Waals surface area contributed by atoms with Crippen LogP contribution in [-0.4, -0.2) is 40.6 Å². The number of rotatable bonds is 5. The Kier molecular flexibility index (Phi) is 5.03. The van der Waals surface area contributed by atoms with Gasteiger partial charge in [0, 0.05) is 50.3 Å². The standard InChI is InChI=1S/C19H22N2O2/c22-14-17-12-21(13-18(17)16-8-10-20-11-9-16)19(23)7-6-15-4-2-1-3-5-15/h1-5,8-11,17-18,22H,6-7,12-14H2/t17-,18-/m0/s1. The smallest absolute Gasteiger partial charge is 0.222 e. The lowest BCUT2D eigenvalue weighted by Crippen LogP contribution is -2.29. The zero-order valence-corrected chi connectivity index (χ0v) is 13.1. The molecule has 0 radical (unpaired) electrons. The molecule has 0 bridgehead atoms. The van der Waals surface area contributed by atoms with E-state index in [1.807, 2.05) is 47.4 Å². The molecule has 1 saturated heterocycles. The van der Waals surface area contributed by atoms with Gasteiger partial charge < -0.3 is 10.0 Å². The highest BCUT2D eigenvalue weighted by molar-refractivity contribution is 5.77. The topological polar surface area (TPSA) is 53.4 Å². The number of benzene rings is 1. The summed E-state index contributed by atoms with van der Waals surface area (Å²) in [4.78, 5) is 18.4. The van der Waals surface area contributed by atoms with Crippen LogP contribution in [0.25, 0.3) is 0 Å². The van der Waals surface area contributed by atoms with E-state index in [4.69, 9.17) is 0 Å². The molecule has 1 aromatic carbocycles. The third-order valence-electron chi connectivity index (χ3n) is 4.63. The molecule has 2 heterocycles. The summed E-state index contributed by atoms with van der Waals surface area (Å²) in [5, 5.41) is 9.65. The van der Waals surface area contributed by atoms with Crippen LogP contribution in [0.5, 0.6) is 0 Å². The molecule has 1 aliphatic rings. The van der Waals surface area contributed by atoms with Crippen LogP contribution < -0.4 is 0 Å². The monoisotopic (exact) mass is 310 g/mol. The Labute approximate surface area is 136 Å². The lowest BCUT2D eigenvalue weighted by molar-refractivity contribution is -0.130. The Bertz CT molecular complexity index is 630. The molecule has 4 nitrogen and oxygen atoms in total. The van der Waals surface area contributed by atoms with Gasteiger partial charge in [0.15, 0.2) is 0 Å². The predicted octanol–water partition coefficient (Wildman–Crippen LogP) is 2.25. The molecule has 1 aliphatic heterocycles. The lowest BCUT2D eigenvalue weighted by Gasteiger charge is -2.16. The zero-order valence-electron chi connectivity index (χ0n) is 13.1. The Morgan fingerprint density at radius 1 is 1.13 bits per heavy atom. The fraction of sp³-hybridized carbons (Fsp3) is 0.368. The van der Waals surface area contributed by atoms with Gasteiger partial charge in [0.25, 0.3) is 0 Å². The zero-order chi connectivity index (χ0) is 16.1. The Morgan fingerprint density at radius 3 is 2.57 bits per heavy atom. The van der Waals surface area contributed by atoms with Gasteiger partial charge in [0.05, 0.1) is 0 Å². The lowest BCUT2D eigenvalue weighted by atomic mass is 9.90. The number of aliphatic hydroxyl groups is 1. The number of nitrogens with zero attached hydrogens (tertiary/aromatic N) is 2. The number of amides is 1. The van der Waals surface area contributed by atoms with E-state index in [1.54, 1.807) is 12.4 Å². The number of aliphatic hydroxyl groups excluding tert-OH is 1. The van der Waals surface area contributed by atoms with Gasteiger partial charge in [-0.3, -0.25) is 9.78 Å². The first-order valence-corrected chi connectivity index (χ1v) is 8.10. The van der Waals surface area contributed by atoms with E-state index in [1.165, 1.54) is 5.56 Å². The van der Waals surface area contributed by atoms with Gasteiger partial charge in [-0.15, -0.1) is 0 Å². The van der Waals surface area contributed by atoms with Crippen LogP contribution >= 0.6 is 0 Å². The van der Waals surface area contributed by atoms with E-state index in [9.17, 15) is 9.90 Å². The van der Waals surface area contributed by atoms with Crippen LogP contribution in [0.1, 0.15) is 23.5 Å². The molecule has 3 rings (SSSR count). The van der Waals surface area contributed by atoms with Crippen molar-refractivity contribution >= 4 is 5.91 Å². The average molecular weight is 310 g/mol. The highest BCUT2D eigenvalue weighted by atomic mass is 16.3. The fourth-order valence-electron chi connectivity index (χ4n) is 3.30. The second kappa shape index (κ2) is 7.38. The molecule has 1 N–H and O–H groups in total. The third-order valence-corrected chi connectivity index (χ3v) is 4.63. The van der Waals surface area contributed by atoms with Gasteiger partial charge in [0.2, 0.25) is 5.91 Å². The van der Waals surface area contributed by atoms with Crippen LogP contribution in [0.2, 0.25) is 0 Å². The van der Waals surface area contributed by atoms with Gasteiger partial charge >= 0.3 is 0 Å². The number of aryl methyl sites for hydroxylation is 1. The van der Waals surface area contributed by atoms with E-state index in [-0.39, 0.29) is 24.3 Å². The molecule has 0 aliphatic carbocycles. The molecule has 0 spiro atoms. The number of carbonyl (C=O) groups excluding carboxylic acids is 1. The van der Waals surface area contributed by atoms with Gasteiger partial charge in [0.1, 0.15) is 0 Å². The maximum Gasteiger partial charge on any atom is 0.222 e. The third kappa shape index (κ3) is 3.77. The van der Waals surface area contributed by atoms with Gasteiger partial charge in [-0.25, -0.2) is 0 Å². The van der Waals surface area contributed by atoms with Crippen LogP contribution in [0.3, 0.4) is 0 Å². The summed E-state index contributed by atoms with van der Waals surface area (Å²) in [6, 6.07) is 14.0. The summed E-state index contributed by atoms with van der Waals surface area (Å²) in [5.74, 6) is 0.477. The molecular formula is C19H22N2O2. The Balaban J connectivity index is 1.61. The van der Waals surface area contributed by atoms with Crippen molar-refractivity contribution in [3.05, 3.63) is 66.0 Å². The molecule has 0 saturated carbocycles. The molecule has 1 aromatic heterocycles. The molecule has 1 fully saturated rings. The molecule has 0 unspecified atom stereocenters. The van der Waals surface area contributed by atoms with Crippen molar-refractivity contribution < 1.29 is 9.90 Å². The fourth-order valence-corrected chi connectivity index (χ4v) is 3.30. The number of aromatic nitrogens is 1. The largest absolute Gasteiger partial charge is 0.396 e. The Morgan fingerprint density at radius 2 is 1.87 bits per heavy atom. The van der Waals surface area contributed by atoms with E-state index >= 15 is 0 Å². The number of hydrogen-bond donors (Lipinski definition) is 1. The van der Waals surface area contributed by atoms with Crippen LogP contribution in [-0.2, 0) is 11.2 Å². The molecular weight excluding hydrogens is 288 g/mol. The first-order chi connectivity index (χ1) is 11.3. The second-order valence-corrected chi connectivity index (χ2v) is 6.11. The number of pyridine rings is 1. The first-order valence-electron chi connectivity index (χ1n) is 8.10. The molecule has 2 atom stereocenters. The Hall–Kier alpha value is -2.20. The SMILES string of the molecule is O=C(CCc1ccccc1)N1C[C@@H](CO)[C@H](c2ccncc2)C1. The van der Waals surface area contributed by atoms with Gasteiger partial charge in [-0.1, -0.05) is 30.3 Å². The minimum absolute atomic E-state index is 0.107. The minimum Gasteiger partial charge on any atom is -0.396 e. The number of likely N-dealkylation sites (tertiary alicyclic amines) is 1. The molecule has 2 aromatic rings. The summed E-state index contributed by atoms with van der Waals surface area (Å²) < 4.78 is 0.